The predicted octanol–water partition coefficient (Wildman–Crippen LogP) is 7.17. The molecule has 1 aliphatic carbocycles. The molecule has 0 radical (unpaired) electrons. The zero-order valence-electron chi connectivity index (χ0n) is 35.8. The Bertz CT molecular complexity index is 2510. The molecular weight excluding hydrogens is 847 g/mol. The number of nitro groups is 1. The van der Waals surface area contributed by atoms with Gasteiger partial charge in [-0.3, -0.25) is 14.9 Å². The summed E-state index contributed by atoms with van der Waals surface area (Å²) in [5.74, 6) is -0.506. The molecule has 0 bridgehead atoms. The monoisotopic (exact) mass is 893 g/mol. The average Bonchev–Trinajstić information content (AvgIpc) is 3.94. The number of cyclic esters (lactones) is 1. The van der Waals surface area contributed by atoms with Crippen molar-refractivity contribution in [1.82, 2.24) is 0 Å². The van der Waals surface area contributed by atoms with Gasteiger partial charge in [0.05, 0.1) is 50.5 Å². The first-order valence-corrected chi connectivity index (χ1v) is 21.0. The van der Waals surface area contributed by atoms with Crippen LogP contribution in [-0.4, -0.2) is 86.4 Å². The van der Waals surface area contributed by atoms with E-state index in [-0.39, 0.29) is 55.3 Å². The van der Waals surface area contributed by atoms with Crippen molar-refractivity contribution in [1.29, 1.82) is 0 Å². The number of aliphatic hydroxyl groups is 2. The summed E-state index contributed by atoms with van der Waals surface area (Å²) in [5, 5.41) is 33.2. The van der Waals surface area contributed by atoms with Crippen molar-refractivity contribution in [2.24, 2.45) is 11.8 Å². The maximum absolute atomic E-state index is 13.9. The van der Waals surface area contributed by atoms with E-state index in [0.29, 0.717) is 39.5 Å². The normalized spacial score (nSPS) is 23.6. The lowest BCUT2D eigenvalue weighted by Crippen LogP contribution is -2.48. The molecule has 65 heavy (non-hydrogen) atoms. The zero-order valence-corrected chi connectivity index (χ0v) is 35.8. The van der Waals surface area contributed by atoms with Gasteiger partial charge in [0.15, 0.2) is 29.3 Å². The van der Waals surface area contributed by atoms with Gasteiger partial charge in [0.1, 0.15) is 18.5 Å². The molecule has 4 aliphatic rings. The van der Waals surface area contributed by atoms with Crippen LogP contribution in [0.15, 0.2) is 97.1 Å². The van der Waals surface area contributed by atoms with Gasteiger partial charge in [-0.2, -0.15) is 0 Å². The van der Waals surface area contributed by atoms with Crippen LogP contribution in [0.25, 0.3) is 11.1 Å². The van der Waals surface area contributed by atoms with Gasteiger partial charge in [0.25, 0.3) is 0 Å². The minimum Gasteiger partial charge on any atom is -0.493 e. The van der Waals surface area contributed by atoms with Crippen LogP contribution in [0.5, 0.6) is 40.2 Å². The number of hydrogen-bond donors (Lipinski definition) is 2. The van der Waals surface area contributed by atoms with Gasteiger partial charge in [-0.15, -0.1) is 0 Å². The van der Waals surface area contributed by atoms with Crippen molar-refractivity contribution in [3.05, 3.63) is 129 Å². The van der Waals surface area contributed by atoms with Gasteiger partial charge in [-0.05, 0) is 95.8 Å². The first kappa shape index (κ1) is 43.8. The number of carbonyl (C=O) groups excluding carboxylic acids is 1. The van der Waals surface area contributed by atoms with Gasteiger partial charge in [0.2, 0.25) is 30.9 Å². The van der Waals surface area contributed by atoms with E-state index < -0.39 is 65.8 Å². The Morgan fingerprint density at radius 3 is 2.15 bits per heavy atom. The fourth-order valence-corrected chi connectivity index (χ4v) is 8.85. The molecule has 2 fully saturated rings. The molecule has 0 amide bonds. The maximum atomic E-state index is 13.9. The molecule has 2 saturated heterocycles. The third kappa shape index (κ3) is 8.86. The first-order valence-electron chi connectivity index (χ1n) is 21.0. The molecule has 9 rings (SSSR count). The van der Waals surface area contributed by atoms with E-state index in [1.54, 1.807) is 62.4 Å². The second-order valence-corrected chi connectivity index (χ2v) is 16.0. The summed E-state index contributed by atoms with van der Waals surface area (Å²) < 4.78 is 65.3. The summed E-state index contributed by atoms with van der Waals surface area (Å²) in [6.45, 7) is 3.55. The highest BCUT2D eigenvalue weighted by molar-refractivity contribution is 5.79. The maximum Gasteiger partial charge on any atom is 0.311 e. The Hall–Kier alpha value is -6.47. The SMILES string of the molecule is COc1cc([C@@H]2c3cc4c(cc3[C@@H](OC(OC3COC(C)OC3C)C(O)O)[C@H]3COC(=O)[C@H]23)OCO4)cc(OC)c1OCc1ccc([N+](=O)[O-])c(Oc2ccc(-c3ccccc3)cc2)c1. The Balaban J connectivity index is 1.01. The van der Waals surface area contributed by atoms with Crippen molar-refractivity contribution in [3.8, 4) is 51.4 Å². The summed E-state index contributed by atoms with van der Waals surface area (Å²) >= 11 is 0. The van der Waals surface area contributed by atoms with Crippen LogP contribution in [0.2, 0.25) is 0 Å². The van der Waals surface area contributed by atoms with Crippen molar-refractivity contribution >= 4 is 11.7 Å². The van der Waals surface area contributed by atoms with Gasteiger partial charge in [-0.1, -0.05) is 42.5 Å². The smallest absolute Gasteiger partial charge is 0.311 e. The lowest BCUT2D eigenvalue weighted by atomic mass is 9.66. The Labute approximate surface area is 373 Å². The van der Waals surface area contributed by atoms with E-state index in [0.717, 1.165) is 11.1 Å². The summed E-state index contributed by atoms with van der Waals surface area (Å²) in [4.78, 5) is 25.4. The Morgan fingerprint density at radius 1 is 0.800 bits per heavy atom. The fourth-order valence-electron chi connectivity index (χ4n) is 8.85. The van der Waals surface area contributed by atoms with Crippen LogP contribution in [0.1, 0.15) is 48.1 Å². The molecule has 340 valence electrons. The summed E-state index contributed by atoms with van der Waals surface area (Å²) in [5.41, 5.74) is 4.15. The summed E-state index contributed by atoms with van der Waals surface area (Å²) in [6, 6.07) is 28.6. The molecule has 3 heterocycles. The highest BCUT2D eigenvalue weighted by Gasteiger charge is 2.54. The van der Waals surface area contributed by atoms with Crippen LogP contribution in [-0.2, 0) is 35.1 Å². The number of hydrogen-bond acceptors (Lipinski definition) is 16. The minimum atomic E-state index is -2.07. The zero-order chi connectivity index (χ0) is 45.4. The predicted molar refractivity (Wildman–Crippen MR) is 228 cm³/mol. The van der Waals surface area contributed by atoms with E-state index in [9.17, 15) is 25.1 Å². The molecule has 0 spiro atoms. The molecule has 17 heteroatoms. The lowest BCUT2D eigenvalue weighted by molar-refractivity contribution is -0.385. The van der Waals surface area contributed by atoms with E-state index in [2.05, 4.69) is 0 Å². The van der Waals surface area contributed by atoms with Crippen LogP contribution < -0.4 is 28.4 Å². The molecule has 3 aliphatic heterocycles. The van der Waals surface area contributed by atoms with Gasteiger partial charge in [-0.25, -0.2) is 0 Å². The third-order valence-electron chi connectivity index (χ3n) is 12.0. The van der Waals surface area contributed by atoms with Gasteiger partial charge >= 0.3 is 11.7 Å². The molecule has 0 aromatic heterocycles. The second-order valence-electron chi connectivity index (χ2n) is 16.0. The number of nitrogens with zero attached hydrogens (tertiary/aromatic N) is 1. The highest BCUT2D eigenvalue weighted by atomic mass is 16.8. The standard InChI is InChI=1S/C48H47NO16/c1-25-41(23-57-26(2)62-25)64-48(46(50)51)65-44-33-20-38-37(60-24-61-38)19-32(33)42(43-34(44)22-59-47(43)52)30-17-39(55-3)45(40(18-30)56-4)58-21-27-10-15-35(49(53)54)36(16-27)63-31-13-11-29(12-14-31)28-8-6-5-7-9-28/h5-20,25-26,34,41-44,46,48,50-51H,21-24H2,1-4H3/t25?,26?,34-,41?,42+,43-,44+,48?/m0/s1. The van der Waals surface area contributed by atoms with Crippen molar-refractivity contribution in [2.75, 3.05) is 34.2 Å². The Morgan fingerprint density at radius 2 is 1.49 bits per heavy atom. The molecule has 0 saturated carbocycles. The number of carbonyl (C=O) groups is 1. The van der Waals surface area contributed by atoms with Crippen LogP contribution in [0.4, 0.5) is 5.69 Å². The topological polar surface area (TPSA) is 202 Å². The second kappa shape index (κ2) is 18.6. The molecule has 2 N–H and O–H groups in total. The number of aliphatic hydroxyl groups excluding tert-OH is 1. The van der Waals surface area contributed by atoms with Crippen molar-refractivity contribution in [2.45, 2.75) is 63.6 Å². The van der Waals surface area contributed by atoms with Gasteiger partial charge < -0.3 is 62.3 Å². The number of esters is 1. The minimum absolute atomic E-state index is 0.0275. The third-order valence-corrected chi connectivity index (χ3v) is 12.0. The average molecular weight is 894 g/mol. The quantitative estimate of drug-likeness (QED) is 0.0463. The molecule has 5 aromatic rings. The molecule has 17 nitrogen and oxygen atoms in total. The summed E-state index contributed by atoms with van der Waals surface area (Å²) in [6.07, 6.45) is -6.18. The highest BCUT2D eigenvalue weighted by Crippen LogP contribution is 2.57. The molecular formula is C48H47NO16. The van der Waals surface area contributed by atoms with Crippen LogP contribution in [0, 0.1) is 22.0 Å². The fraction of sp³-hybridized carbons (Fsp3) is 0.354. The van der Waals surface area contributed by atoms with Crippen LogP contribution in [0.3, 0.4) is 0 Å². The lowest BCUT2D eigenvalue weighted by Gasteiger charge is -2.41. The van der Waals surface area contributed by atoms with Crippen molar-refractivity contribution < 1.29 is 72.0 Å². The largest absolute Gasteiger partial charge is 0.493 e. The van der Waals surface area contributed by atoms with E-state index >= 15 is 0 Å². The number of benzene rings is 5. The van der Waals surface area contributed by atoms with E-state index in [1.807, 2.05) is 42.5 Å². The molecule has 8 atom stereocenters. The van der Waals surface area contributed by atoms with E-state index in [1.165, 1.54) is 20.3 Å². The summed E-state index contributed by atoms with van der Waals surface area (Å²) in [7, 11) is 2.94. The van der Waals surface area contributed by atoms with Gasteiger partial charge in [0, 0.05) is 17.9 Å². The Kier molecular flexibility index (Phi) is 12.5. The molecule has 4 unspecified atom stereocenters. The number of nitro benzene ring substituents is 1. The van der Waals surface area contributed by atoms with Crippen LogP contribution >= 0.6 is 0 Å². The first-order chi connectivity index (χ1) is 31.5. The number of ether oxygens (including phenoxy) is 11. The number of rotatable bonds is 15. The van der Waals surface area contributed by atoms with E-state index in [4.69, 9.17) is 52.1 Å². The number of methoxy groups -OCH3 is 2. The number of fused-ring (bicyclic) bond motifs is 3. The van der Waals surface area contributed by atoms with Crippen molar-refractivity contribution in [3.63, 3.8) is 0 Å². The molecule has 5 aromatic carbocycles.